The van der Waals surface area contributed by atoms with E-state index in [-0.39, 0.29) is 5.84 Å². The number of hydrogen-bond donors (Lipinski definition) is 3. The van der Waals surface area contributed by atoms with Crippen molar-refractivity contribution < 1.29 is 18.4 Å². The number of carbonyl (C=O) groups is 1. The van der Waals surface area contributed by atoms with Crippen LogP contribution in [0.1, 0.15) is 12.8 Å². The van der Waals surface area contributed by atoms with E-state index >= 15 is 0 Å². The van der Waals surface area contributed by atoms with Crippen LogP contribution in [0.2, 0.25) is 0 Å². The number of hydrogen-bond acceptors (Lipinski definition) is 6. The molecule has 0 radical (unpaired) electrons. The molecular weight excluding hydrogens is 272 g/mol. The summed E-state index contributed by atoms with van der Waals surface area (Å²) in [5.74, 6) is -1.34. The monoisotopic (exact) mass is 292 g/mol. The van der Waals surface area contributed by atoms with Gasteiger partial charge in [-0.25, -0.2) is 8.42 Å². The van der Waals surface area contributed by atoms with Crippen molar-refractivity contribution in [2.45, 2.75) is 18.4 Å². The smallest absolute Gasteiger partial charge is 0.235 e. The number of oxime groups is 1. The molecule has 1 aliphatic rings. The summed E-state index contributed by atoms with van der Waals surface area (Å²) in [5, 5.41) is 14.4. The molecule has 0 spiro atoms. The molecule has 0 aliphatic carbocycles. The molecule has 4 N–H and O–H groups in total. The lowest BCUT2D eigenvalue weighted by Crippen LogP contribution is -2.62. The summed E-state index contributed by atoms with van der Waals surface area (Å²) >= 11 is 0. The Bertz CT molecular complexity index is 466. The highest BCUT2D eigenvalue weighted by atomic mass is 32.2. The number of piperidine rings is 1. The van der Waals surface area contributed by atoms with E-state index in [9.17, 15) is 13.2 Å². The van der Waals surface area contributed by atoms with E-state index in [0.717, 1.165) is 6.26 Å². The summed E-state index contributed by atoms with van der Waals surface area (Å²) in [4.78, 5) is 13.8. The van der Waals surface area contributed by atoms with Crippen LogP contribution in [0.4, 0.5) is 0 Å². The number of likely N-dealkylation sites (tertiary alicyclic amines) is 1. The molecule has 19 heavy (non-hydrogen) atoms. The van der Waals surface area contributed by atoms with Gasteiger partial charge in [-0.1, -0.05) is 5.16 Å². The molecule has 1 aliphatic heterocycles. The van der Waals surface area contributed by atoms with Crippen molar-refractivity contribution in [3.63, 3.8) is 0 Å². The Morgan fingerprint density at radius 3 is 2.42 bits per heavy atom. The number of carbonyl (C=O) groups excluding carboxylic acids is 1. The molecule has 0 unspecified atom stereocenters. The molecule has 0 bridgehead atoms. The van der Waals surface area contributed by atoms with Gasteiger partial charge < -0.3 is 21.2 Å². The third kappa shape index (κ3) is 4.35. The van der Waals surface area contributed by atoms with E-state index in [0.29, 0.717) is 25.9 Å². The topological polar surface area (TPSA) is 125 Å². The van der Waals surface area contributed by atoms with Gasteiger partial charge in [0, 0.05) is 19.3 Å². The quantitative estimate of drug-likeness (QED) is 0.247. The molecule has 1 heterocycles. The standard InChI is InChI=1S/C10H20N4O4S/c1-14-5-3-10(4-6-14,9(11)13-16)12-8(15)7-19(2,17)18/h16H,3-7H2,1-2H3,(H2,11,13)(H,12,15). The average Bonchev–Trinajstić information content (AvgIpc) is 2.29. The highest BCUT2D eigenvalue weighted by Crippen LogP contribution is 2.22. The van der Waals surface area contributed by atoms with Gasteiger partial charge in [0.05, 0.1) is 0 Å². The Hall–Kier alpha value is -1.35. The summed E-state index contributed by atoms with van der Waals surface area (Å²) in [6, 6.07) is 0. The molecule has 1 amide bonds. The fourth-order valence-electron chi connectivity index (χ4n) is 2.08. The Labute approximate surface area is 112 Å². The Kier molecular flexibility index (Phi) is 4.75. The van der Waals surface area contributed by atoms with Crippen LogP contribution in [0.25, 0.3) is 0 Å². The van der Waals surface area contributed by atoms with E-state index in [1.54, 1.807) is 0 Å². The molecule has 1 saturated heterocycles. The molecule has 8 nitrogen and oxygen atoms in total. The second-order valence-corrected chi connectivity index (χ2v) is 7.13. The van der Waals surface area contributed by atoms with Crippen molar-refractivity contribution in [1.29, 1.82) is 0 Å². The summed E-state index contributed by atoms with van der Waals surface area (Å²) in [5.41, 5.74) is 4.69. The van der Waals surface area contributed by atoms with E-state index in [4.69, 9.17) is 10.9 Å². The number of amides is 1. The van der Waals surface area contributed by atoms with Crippen LogP contribution in [0.3, 0.4) is 0 Å². The molecule has 0 saturated carbocycles. The van der Waals surface area contributed by atoms with Crippen molar-refractivity contribution >= 4 is 21.6 Å². The van der Waals surface area contributed by atoms with Gasteiger partial charge in [-0.3, -0.25) is 4.79 Å². The summed E-state index contributed by atoms with van der Waals surface area (Å²) in [7, 11) is -1.48. The number of nitrogens with two attached hydrogens (primary N) is 1. The lowest BCUT2D eigenvalue weighted by atomic mass is 9.86. The van der Waals surface area contributed by atoms with Crippen molar-refractivity contribution in [3.05, 3.63) is 0 Å². The lowest BCUT2D eigenvalue weighted by Gasteiger charge is -2.40. The molecule has 0 aromatic carbocycles. The SMILES string of the molecule is CN1CCC(NC(=O)CS(C)(=O)=O)(C(N)=NO)CC1. The fourth-order valence-corrected chi connectivity index (χ4v) is 2.63. The Morgan fingerprint density at radius 1 is 1.47 bits per heavy atom. The van der Waals surface area contributed by atoms with Crippen LogP contribution >= 0.6 is 0 Å². The average molecular weight is 292 g/mol. The third-order valence-electron chi connectivity index (χ3n) is 3.21. The highest BCUT2D eigenvalue weighted by Gasteiger charge is 2.39. The van der Waals surface area contributed by atoms with Gasteiger partial charge in [-0.05, 0) is 19.9 Å². The predicted octanol–water partition coefficient (Wildman–Crippen LogP) is -1.64. The first-order valence-electron chi connectivity index (χ1n) is 5.84. The lowest BCUT2D eigenvalue weighted by molar-refractivity contribution is -0.120. The fraction of sp³-hybridized carbons (Fsp3) is 0.800. The molecule has 0 aromatic heterocycles. The maximum Gasteiger partial charge on any atom is 0.235 e. The van der Waals surface area contributed by atoms with Gasteiger partial charge in [-0.2, -0.15) is 0 Å². The second-order valence-electron chi connectivity index (χ2n) is 4.99. The zero-order valence-corrected chi connectivity index (χ0v) is 11.9. The predicted molar refractivity (Wildman–Crippen MR) is 70.7 cm³/mol. The van der Waals surface area contributed by atoms with Gasteiger partial charge in [0.25, 0.3) is 0 Å². The Morgan fingerprint density at radius 2 is 2.00 bits per heavy atom. The van der Waals surface area contributed by atoms with E-state index in [1.807, 2.05) is 11.9 Å². The van der Waals surface area contributed by atoms with E-state index in [1.165, 1.54) is 0 Å². The minimum Gasteiger partial charge on any atom is -0.409 e. The van der Waals surface area contributed by atoms with Crippen LogP contribution in [0.15, 0.2) is 5.16 Å². The molecule has 1 rings (SSSR count). The van der Waals surface area contributed by atoms with E-state index in [2.05, 4.69) is 10.5 Å². The zero-order valence-electron chi connectivity index (χ0n) is 11.1. The first-order chi connectivity index (χ1) is 8.68. The largest absolute Gasteiger partial charge is 0.409 e. The zero-order chi connectivity index (χ0) is 14.7. The van der Waals surface area contributed by atoms with Gasteiger partial charge in [-0.15, -0.1) is 0 Å². The summed E-state index contributed by atoms with van der Waals surface area (Å²) in [6.45, 7) is 1.32. The number of nitrogens with zero attached hydrogens (tertiary/aromatic N) is 2. The van der Waals surface area contributed by atoms with Crippen molar-refractivity contribution in [3.8, 4) is 0 Å². The van der Waals surface area contributed by atoms with Crippen molar-refractivity contribution in [2.24, 2.45) is 10.9 Å². The first-order valence-corrected chi connectivity index (χ1v) is 7.90. The maximum atomic E-state index is 11.7. The van der Waals surface area contributed by atoms with Crippen LogP contribution in [-0.2, 0) is 14.6 Å². The molecule has 1 fully saturated rings. The molecule has 110 valence electrons. The van der Waals surface area contributed by atoms with Crippen LogP contribution < -0.4 is 11.1 Å². The first kappa shape index (κ1) is 15.7. The number of amidine groups is 1. The normalized spacial score (nSPS) is 21.1. The maximum absolute atomic E-state index is 11.7. The van der Waals surface area contributed by atoms with Crippen LogP contribution in [-0.4, -0.2) is 68.0 Å². The minimum atomic E-state index is -3.41. The van der Waals surface area contributed by atoms with Crippen molar-refractivity contribution in [2.75, 3.05) is 32.1 Å². The molecule has 9 heteroatoms. The van der Waals surface area contributed by atoms with Gasteiger partial charge in [0.15, 0.2) is 15.7 Å². The van der Waals surface area contributed by atoms with Crippen LogP contribution in [0, 0.1) is 0 Å². The Balaban J connectivity index is 2.85. The third-order valence-corrected chi connectivity index (χ3v) is 4.00. The molecule has 0 aromatic rings. The number of sulfone groups is 1. The van der Waals surface area contributed by atoms with Gasteiger partial charge in [0.1, 0.15) is 11.3 Å². The molecular formula is C10H20N4O4S. The second kappa shape index (κ2) is 5.74. The molecule has 0 atom stereocenters. The number of nitrogens with one attached hydrogen (secondary N) is 1. The van der Waals surface area contributed by atoms with Gasteiger partial charge >= 0.3 is 0 Å². The summed E-state index contributed by atoms with van der Waals surface area (Å²) < 4.78 is 22.2. The van der Waals surface area contributed by atoms with Crippen molar-refractivity contribution in [1.82, 2.24) is 10.2 Å². The van der Waals surface area contributed by atoms with E-state index < -0.39 is 27.0 Å². The summed E-state index contributed by atoms with van der Waals surface area (Å²) in [6.07, 6.45) is 1.92. The number of rotatable bonds is 4. The van der Waals surface area contributed by atoms with Gasteiger partial charge in [0.2, 0.25) is 5.91 Å². The van der Waals surface area contributed by atoms with Crippen LogP contribution in [0.5, 0.6) is 0 Å². The highest BCUT2D eigenvalue weighted by molar-refractivity contribution is 7.91. The minimum absolute atomic E-state index is 0.0950.